The minimum atomic E-state index is 0.551. The minimum Gasteiger partial charge on any atom is -0.315 e. The first-order chi connectivity index (χ1) is 12.3. The van der Waals surface area contributed by atoms with Crippen LogP contribution in [0.5, 0.6) is 0 Å². The van der Waals surface area contributed by atoms with Gasteiger partial charge in [0.05, 0.1) is 28.0 Å². The molecule has 8 heteroatoms. The van der Waals surface area contributed by atoms with E-state index in [2.05, 4.69) is 14.8 Å². The third-order valence-corrected chi connectivity index (χ3v) is 4.91. The van der Waals surface area contributed by atoms with Crippen LogP contribution < -0.4 is 4.72 Å². The van der Waals surface area contributed by atoms with E-state index in [-0.39, 0.29) is 0 Å². The Morgan fingerprint density at radius 3 is 2.92 bits per heavy atom. The highest BCUT2D eigenvalue weighted by Gasteiger charge is 2.13. The number of carbonyl (C=O) groups excluding carboxylic acids is 1. The first-order valence-corrected chi connectivity index (χ1v) is 9.54. The highest BCUT2D eigenvalue weighted by molar-refractivity contribution is 7.99. The van der Waals surface area contributed by atoms with Gasteiger partial charge in [-0.1, -0.05) is 18.0 Å². The molecule has 0 atom stereocenters. The molecule has 0 unspecified atom stereocenters. The molecule has 0 fully saturated rings. The predicted molar refractivity (Wildman–Crippen MR) is 102 cm³/mol. The van der Waals surface area contributed by atoms with Crippen LogP contribution in [-0.4, -0.2) is 32.1 Å². The number of fused-ring (bicyclic) bond motifs is 1. The summed E-state index contributed by atoms with van der Waals surface area (Å²) in [4.78, 5) is 21.7. The minimum absolute atomic E-state index is 0.551. The van der Waals surface area contributed by atoms with Gasteiger partial charge in [-0.25, -0.2) is 14.5 Å². The summed E-state index contributed by atoms with van der Waals surface area (Å²) in [7, 11) is 0. The van der Waals surface area contributed by atoms with Crippen molar-refractivity contribution >= 4 is 41.0 Å². The molecule has 6 nitrogen and oxygen atoms in total. The van der Waals surface area contributed by atoms with Crippen LogP contribution in [0.25, 0.3) is 27.5 Å². The summed E-state index contributed by atoms with van der Waals surface area (Å²) in [5, 5.41) is 6.37. The van der Waals surface area contributed by atoms with Crippen molar-refractivity contribution in [3.8, 4) is 21.8 Å². The van der Waals surface area contributed by atoms with Gasteiger partial charge in [0.1, 0.15) is 12.1 Å². The summed E-state index contributed by atoms with van der Waals surface area (Å²) < 4.78 is 4.78. The van der Waals surface area contributed by atoms with Crippen LogP contribution in [0.3, 0.4) is 0 Å². The second-order valence-corrected chi connectivity index (χ2v) is 6.77. The molecule has 0 aliphatic rings. The van der Waals surface area contributed by atoms with E-state index in [0.717, 1.165) is 22.4 Å². The van der Waals surface area contributed by atoms with Crippen molar-refractivity contribution in [2.45, 2.75) is 0 Å². The van der Waals surface area contributed by atoms with Gasteiger partial charge in [0.15, 0.2) is 5.65 Å². The van der Waals surface area contributed by atoms with Crippen LogP contribution >= 0.6 is 23.3 Å². The second kappa shape index (κ2) is 6.66. The van der Waals surface area contributed by atoms with Gasteiger partial charge in [0, 0.05) is 18.0 Å². The van der Waals surface area contributed by atoms with Crippen LogP contribution in [-0.2, 0) is 0 Å². The molecule has 1 N–H and O–H groups in total. The van der Waals surface area contributed by atoms with Crippen molar-refractivity contribution in [3.05, 3.63) is 53.7 Å². The summed E-state index contributed by atoms with van der Waals surface area (Å²) in [6.45, 7) is 0. The zero-order chi connectivity index (χ0) is 17.2. The Morgan fingerprint density at radius 1 is 1.24 bits per heavy atom. The molecule has 0 saturated heterocycles. The molecular weight excluding hydrogens is 354 g/mol. The molecule has 0 aromatic carbocycles. The number of nitrogens with one attached hydrogen (secondary N) is 1. The number of aldehydes is 1. The van der Waals surface area contributed by atoms with Crippen molar-refractivity contribution < 1.29 is 4.79 Å². The van der Waals surface area contributed by atoms with Crippen LogP contribution in [0.4, 0.5) is 5.82 Å². The maximum Gasteiger partial charge on any atom is 0.165 e. The summed E-state index contributed by atoms with van der Waals surface area (Å²) in [5.74, 6) is 0.626. The quantitative estimate of drug-likeness (QED) is 0.424. The number of rotatable bonds is 5. The van der Waals surface area contributed by atoms with Crippen molar-refractivity contribution in [2.24, 2.45) is 0 Å². The lowest BCUT2D eigenvalue weighted by Gasteiger charge is -2.06. The Kier molecular flexibility index (Phi) is 4.21. The van der Waals surface area contributed by atoms with E-state index in [1.165, 1.54) is 11.9 Å². The van der Waals surface area contributed by atoms with Crippen LogP contribution in [0, 0.1) is 0 Å². The van der Waals surface area contributed by atoms with Gasteiger partial charge >= 0.3 is 0 Å². The number of anilines is 1. The van der Waals surface area contributed by atoms with E-state index < -0.39 is 0 Å². The molecule has 4 aromatic heterocycles. The van der Waals surface area contributed by atoms with Crippen molar-refractivity contribution in [2.75, 3.05) is 11.0 Å². The molecule has 4 rings (SSSR count). The largest absolute Gasteiger partial charge is 0.315 e. The number of thiophene rings is 1. The first kappa shape index (κ1) is 15.8. The number of carbonyl (C=O) groups is 1. The molecule has 0 spiro atoms. The first-order valence-electron chi connectivity index (χ1n) is 7.43. The van der Waals surface area contributed by atoms with E-state index in [4.69, 9.17) is 4.98 Å². The topological polar surface area (TPSA) is 72.2 Å². The zero-order valence-corrected chi connectivity index (χ0v) is 14.8. The van der Waals surface area contributed by atoms with Gasteiger partial charge in [-0.15, -0.1) is 11.3 Å². The van der Waals surface area contributed by atoms with Gasteiger partial charge in [-0.3, -0.25) is 4.79 Å². The highest BCUT2D eigenvalue weighted by atomic mass is 32.2. The number of hydrogen-bond donors (Lipinski definition) is 1. The lowest BCUT2D eigenvalue weighted by Crippen LogP contribution is -1.96. The van der Waals surface area contributed by atoms with Crippen molar-refractivity contribution in [1.82, 2.24) is 19.6 Å². The normalized spacial score (nSPS) is 10.9. The Bertz CT molecular complexity index is 1040. The maximum absolute atomic E-state index is 11.3. The summed E-state index contributed by atoms with van der Waals surface area (Å²) in [5.41, 5.74) is 3.59. The summed E-state index contributed by atoms with van der Waals surface area (Å²) in [6.07, 6.45) is 6.32. The van der Waals surface area contributed by atoms with Crippen LogP contribution in [0.1, 0.15) is 10.4 Å². The second-order valence-electron chi connectivity index (χ2n) is 5.21. The molecule has 0 saturated carbocycles. The molecule has 4 aromatic rings. The fourth-order valence-corrected chi connectivity index (χ4v) is 3.53. The van der Waals surface area contributed by atoms with Crippen LogP contribution in [0.15, 0.2) is 48.1 Å². The molecule has 124 valence electrons. The van der Waals surface area contributed by atoms with Gasteiger partial charge in [0.25, 0.3) is 0 Å². The molecular formula is C17H13N5OS2. The molecule has 0 aliphatic carbocycles. The number of hydrogen-bond acceptors (Lipinski definition) is 7. The third-order valence-electron chi connectivity index (χ3n) is 3.61. The zero-order valence-electron chi connectivity index (χ0n) is 13.2. The fourth-order valence-electron chi connectivity index (χ4n) is 2.53. The van der Waals surface area contributed by atoms with E-state index in [1.807, 2.05) is 36.0 Å². The van der Waals surface area contributed by atoms with E-state index in [0.29, 0.717) is 22.7 Å². The Labute approximate surface area is 152 Å². The third kappa shape index (κ3) is 3.01. The van der Waals surface area contributed by atoms with Gasteiger partial charge in [0.2, 0.25) is 0 Å². The Hall–Kier alpha value is -2.71. The Balaban J connectivity index is 1.87. The van der Waals surface area contributed by atoms with E-state index >= 15 is 0 Å². The number of pyridine rings is 1. The summed E-state index contributed by atoms with van der Waals surface area (Å²) >= 11 is 3.06. The molecule has 0 aliphatic heterocycles. The van der Waals surface area contributed by atoms with Gasteiger partial charge < -0.3 is 4.72 Å². The average molecular weight is 367 g/mol. The van der Waals surface area contributed by atoms with Gasteiger partial charge in [-0.05, 0) is 29.6 Å². The lowest BCUT2D eigenvalue weighted by molar-refractivity contribution is 0.112. The average Bonchev–Trinajstić information content (AvgIpc) is 3.31. The predicted octanol–water partition coefficient (Wildman–Crippen LogP) is 4.02. The van der Waals surface area contributed by atoms with Crippen molar-refractivity contribution in [3.63, 3.8) is 0 Å². The molecule has 0 radical (unpaired) electrons. The van der Waals surface area contributed by atoms with E-state index in [1.54, 1.807) is 34.2 Å². The standard InChI is InChI=1S/C17H13N5OS2/c1-24-21-16-8-11(10-23)7-14(19-16)12-9-18-22-5-4-13(20-17(12)22)15-3-2-6-25-15/h2-10H,1H3,(H,19,21). The molecule has 0 bridgehead atoms. The SMILES string of the molecule is CSNc1cc(C=O)cc(-c2cnn3ccc(-c4cccs4)nc23)n1. The lowest BCUT2D eigenvalue weighted by atomic mass is 10.1. The van der Waals surface area contributed by atoms with Crippen LogP contribution in [0.2, 0.25) is 0 Å². The maximum atomic E-state index is 11.3. The fraction of sp³-hybridized carbons (Fsp3) is 0.0588. The molecule has 25 heavy (non-hydrogen) atoms. The van der Waals surface area contributed by atoms with Crippen molar-refractivity contribution in [1.29, 1.82) is 0 Å². The number of nitrogens with zero attached hydrogens (tertiary/aromatic N) is 4. The van der Waals surface area contributed by atoms with Gasteiger partial charge in [-0.2, -0.15) is 5.10 Å². The summed E-state index contributed by atoms with van der Waals surface area (Å²) in [6, 6.07) is 9.42. The molecule has 4 heterocycles. The Morgan fingerprint density at radius 2 is 2.16 bits per heavy atom. The highest BCUT2D eigenvalue weighted by Crippen LogP contribution is 2.28. The smallest absolute Gasteiger partial charge is 0.165 e. The monoisotopic (exact) mass is 367 g/mol. The number of aromatic nitrogens is 4. The van der Waals surface area contributed by atoms with E-state index in [9.17, 15) is 4.79 Å². The molecule has 0 amide bonds.